The third kappa shape index (κ3) is 4.44. The Morgan fingerprint density at radius 1 is 1.20 bits per heavy atom. The second-order valence-electron chi connectivity index (χ2n) is 4.08. The van der Waals surface area contributed by atoms with Gasteiger partial charge in [-0.15, -0.1) is 0 Å². The molecule has 0 unspecified atom stereocenters. The van der Waals surface area contributed by atoms with E-state index in [-0.39, 0.29) is 22.9 Å². The Kier molecular flexibility index (Phi) is 5.51. The van der Waals surface area contributed by atoms with E-state index in [0.29, 0.717) is 0 Å². The molecule has 1 aromatic carbocycles. The number of sulfonamides is 2. The van der Waals surface area contributed by atoms with E-state index in [2.05, 4.69) is 9.44 Å². The van der Waals surface area contributed by atoms with Crippen molar-refractivity contribution < 1.29 is 21.6 Å². The first-order chi connectivity index (χ1) is 9.22. The normalized spacial score (nSPS) is 12.3. The predicted octanol–water partition coefficient (Wildman–Crippen LogP) is -0.169. The maximum Gasteiger partial charge on any atom is 0.244 e. The number of aryl methyl sites for hydroxylation is 1. The first kappa shape index (κ1) is 16.9. The minimum atomic E-state index is -3.82. The third-order valence-corrected chi connectivity index (χ3v) is 5.43. The second-order valence-corrected chi connectivity index (χ2v) is 7.86. The van der Waals surface area contributed by atoms with Crippen molar-refractivity contribution in [3.05, 3.63) is 23.8 Å². The summed E-state index contributed by atoms with van der Waals surface area (Å²) in [6, 6.07) is 4.74. The summed E-state index contributed by atoms with van der Waals surface area (Å²) in [5, 5.41) is 0. The Morgan fingerprint density at radius 3 is 2.40 bits per heavy atom. The molecule has 1 rings (SSSR count). The van der Waals surface area contributed by atoms with E-state index >= 15 is 0 Å². The van der Waals surface area contributed by atoms with E-state index in [0.717, 1.165) is 5.56 Å². The standard InChI is InChI=1S/C11H18N2O5S2/c1-9-4-5-10(18-3)11(8-9)20(16,17)13-6-7-19(14,15)12-2/h4-5,8,12-13H,6-7H2,1-3H3. The zero-order valence-corrected chi connectivity index (χ0v) is 13.1. The molecule has 20 heavy (non-hydrogen) atoms. The van der Waals surface area contributed by atoms with Crippen LogP contribution >= 0.6 is 0 Å². The highest BCUT2D eigenvalue weighted by atomic mass is 32.2. The predicted molar refractivity (Wildman–Crippen MR) is 75.8 cm³/mol. The monoisotopic (exact) mass is 322 g/mol. The zero-order chi connectivity index (χ0) is 15.4. The van der Waals surface area contributed by atoms with Crippen LogP contribution in [0.15, 0.2) is 23.1 Å². The van der Waals surface area contributed by atoms with Crippen molar-refractivity contribution in [1.82, 2.24) is 9.44 Å². The molecule has 0 radical (unpaired) electrons. The SMILES string of the molecule is CNS(=O)(=O)CCNS(=O)(=O)c1cc(C)ccc1OC. The minimum absolute atomic E-state index is 0.0122. The van der Waals surface area contributed by atoms with Crippen LogP contribution in [0.1, 0.15) is 5.56 Å². The molecular weight excluding hydrogens is 304 g/mol. The number of benzene rings is 1. The largest absolute Gasteiger partial charge is 0.495 e. The maximum atomic E-state index is 12.1. The van der Waals surface area contributed by atoms with Crippen LogP contribution in [-0.4, -0.2) is 43.3 Å². The van der Waals surface area contributed by atoms with Crippen molar-refractivity contribution in [2.24, 2.45) is 0 Å². The fourth-order valence-electron chi connectivity index (χ4n) is 1.48. The van der Waals surface area contributed by atoms with Gasteiger partial charge < -0.3 is 4.74 Å². The number of nitrogens with one attached hydrogen (secondary N) is 2. The Morgan fingerprint density at radius 2 is 1.85 bits per heavy atom. The summed E-state index contributed by atoms with van der Waals surface area (Å²) < 4.78 is 56.1. The van der Waals surface area contributed by atoms with Gasteiger partial charge in [0.15, 0.2) is 0 Å². The van der Waals surface area contributed by atoms with E-state index < -0.39 is 20.0 Å². The molecule has 0 heterocycles. The van der Waals surface area contributed by atoms with Crippen molar-refractivity contribution in [2.45, 2.75) is 11.8 Å². The summed E-state index contributed by atoms with van der Waals surface area (Å²) in [4.78, 5) is -0.0122. The fourth-order valence-corrected chi connectivity index (χ4v) is 3.47. The highest BCUT2D eigenvalue weighted by Gasteiger charge is 2.20. The molecule has 0 saturated heterocycles. The lowest BCUT2D eigenvalue weighted by Crippen LogP contribution is -2.33. The zero-order valence-electron chi connectivity index (χ0n) is 11.5. The number of ether oxygens (including phenoxy) is 1. The number of methoxy groups -OCH3 is 1. The van der Waals surface area contributed by atoms with Crippen molar-refractivity contribution in [3.8, 4) is 5.75 Å². The topological polar surface area (TPSA) is 102 Å². The van der Waals surface area contributed by atoms with Gasteiger partial charge in [0.1, 0.15) is 10.6 Å². The molecule has 0 saturated carbocycles. The van der Waals surface area contributed by atoms with E-state index in [1.807, 2.05) is 0 Å². The van der Waals surface area contributed by atoms with Gasteiger partial charge >= 0.3 is 0 Å². The van der Waals surface area contributed by atoms with Gasteiger partial charge in [0.2, 0.25) is 20.0 Å². The first-order valence-electron chi connectivity index (χ1n) is 5.77. The summed E-state index contributed by atoms with van der Waals surface area (Å²) in [5.41, 5.74) is 0.758. The van der Waals surface area contributed by atoms with Crippen LogP contribution in [0.2, 0.25) is 0 Å². The maximum absolute atomic E-state index is 12.1. The lowest BCUT2D eigenvalue weighted by Gasteiger charge is -2.11. The second kappa shape index (κ2) is 6.53. The van der Waals surface area contributed by atoms with Gasteiger partial charge in [-0.1, -0.05) is 6.07 Å². The third-order valence-electron chi connectivity index (χ3n) is 2.58. The lowest BCUT2D eigenvalue weighted by molar-refractivity contribution is 0.402. The molecule has 0 fully saturated rings. The van der Waals surface area contributed by atoms with Gasteiger partial charge in [0.25, 0.3) is 0 Å². The number of hydrogen-bond donors (Lipinski definition) is 2. The van der Waals surface area contributed by atoms with Gasteiger partial charge in [-0.2, -0.15) is 0 Å². The summed E-state index contributed by atoms with van der Waals surface area (Å²) in [7, 11) is -4.64. The number of hydrogen-bond acceptors (Lipinski definition) is 5. The average molecular weight is 322 g/mol. The summed E-state index contributed by atoms with van der Waals surface area (Å²) in [6.45, 7) is 1.53. The molecule has 0 aliphatic rings. The van der Waals surface area contributed by atoms with Crippen LogP contribution in [0.3, 0.4) is 0 Å². The quantitative estimate of drug-likeness (QED) is 0.726. The fraction of sp³-hybridized carbons (Fsp3) is 0.455. The van der Waals surface area contributed by atoms with Crippen molar-refractivity contribution in [2.75, 3.05) is 26.5 Å². The smallest absolute Gasteiger partial charge is 0.244 e. The molecular formula is C11H18N2O5S2. The Hall–Kier alpha value is -1.16. The van der Waals surface area contributed by atoms with Crippen molar-refractivity contribution in [1.29, 1.82) is 0 Å². The molecule has 7 nitrogen and oxygen atoms in total. The van der Waals surface area contributed by atoms with E-state index in [9.17, 15) is 16.8 Å². The van der Waals surface area contributed by atoms with Crippen molar-refractivity contribution in [3.63, 3.8) is 0 Å². The minimum Gasteiger partial charge on any atom is -0.495 e. The van der Waals surface area contributed by atoms with Gasteiger partial charge in [-0.3, -0.25) is 0 Å². The number of rotatable bonds is 7. The summed E-state index contributed by atoms with van der Waals surface area (Å²) in [6.07, 6.45) is 0. The van der Waals surface area contributed by atoms with Crippen LogP contribution < -0.4 is 14.2 Å². The first-order valence-corrected chi connectivity index (χ1v) is 8.91. The average Bonchev–Trinajstić information content (AvgIpc) is 2.38. The van der Waals surface area contributed by atoms with Gasteiger partial charge in [-0.25, -0.2) is 26.3 Å². The molecule has 0 aromatic heterocycles. The van der Waals surface area contributed by atoms with Crippen LogP contribution in [-0.2, 0) is 20.0 Å². The Balaban J connectivity index is 2.92. The molecule has 114 valence electrons. The molecule has 0 aliphatic heterocycles. The molecule has 0 bridgehead atoms. The van der Waals surface area contributed by atoms with Crippen LogP contribution in [0.5, 0.6) is 5.75 Å². The van der Waals surface area contributed by atoms with E-state index in [1.165, 1.54) is 20.2 Å². The molecule has 0 atom stereocenters. The Labute approximate surface area is 119 Å². The van der Waals surface area contributed by atoms with Crippen LogP contribution in [0, 0.1) is 6.92 Å². The molecule has 1 aromatic rings. The van der Waals surface area contributed by atoms with Gasteiger partial charge in [-0.05, 0) is 31.7 Å². The highest BCUT2D eigenvalue weighted by molar-refractivity contribution is 7.90. The Bertz CT molecular complexity index is 668. The lowest BCUT2D eigenvalue weighted by atomic mass is 10.2. The molecule has 0 aliphatic carbocycles. The van der Waals surface area contributed by atoms with Gasteiger partial charge in [0, 0.05) is 6.54 Å². The van der Waals surface area contributed by atoms with Crippen molar-refractivity contribution >= 4 is 20.0 Å². The van der Waals surface area contributed by atoms with Crippen LogP contribution in [0.25, 0.3) is 0 Å². The molecule has 0 amide bonds. The summed E-state index contributed by atoms with van der Waals surface area (Å²) in [5.74, 6) is -0.129. The molecule has 2 N–H and O–H groups in total. The van der Waals surface area contributed by atoms with Gasteiger partial charge in [0.05, 0.1) is 12.9 Å². The van der Waals surface area contributed by atoms with E-state index in [4.69, 9.17) is 4.74 Å². The van der Waals surface area contributed by atoms with E-state index in [1.54, 1.807) is 19.1 Å². The summed E-state index contributed by atoms with van der Waals surface area (Å²) >= 11 is 0. The van der Waals surface area contributed by atoms with Crippen LogP contribution in [0.4, 0.5) is 0 Å². The molecule has 9 heteroatoms. The molecule has 0 spiro atoms. The highest BCUT2D eigenvalue weighted by Crippen LogP contribution is 2.24.